The molecular formula is C11H16N2O4S. The first-order valence-electron chi connectivity index (χ1n) is 5.35. The lowest BCUT2D eigenvalue weighted by Gasteiger charge is -2.20. The number of thioether (sulfide) groups is 1. The van der Waals surface area contributed by atoms with Crippen LogP contribution in [0.5, 0.6) is 0 Å². The first-order chi connectivity index (χ1) is 8.60. The van der Waals surface area contributed by atoms with Crippen molar-refractivity contribution in [1.29, 1.82) is 0 Å². The quantitative estimate of drug-likeness (QED) is 0.437. The van der Waals surface area contributed by atoms with Crippen molar-refractivity contribution >= 4 is 17.4 Å². The number of nitrogens with zero attached hydrogens (tertiary/aromatic N) is 1. The summed E-state index contributed by atoms with van der Waals surface area (Å²) >= 11 is 1.20. The number of hydrogen-bond donors (Lipinski definition) is 2. The van der Waals surface area contributed by atoms with Crippen LogP contribution >= 0.6 is 11.8 Å². The van der Waals surface area contributed by atoms with Crippen LogP contribution in [0.25, 0.3) is 0 Å². The molecule has 1 rings (SSSR count). The van der Waals surface area contributed by atoms with Crippen molar-refractivity contribution < 1.29 is 14.8 Å². The van der Waals surface area contributed by atoms with Gasteiger partial charge in [-0.3, -0.25) is 10.1 Å². The fourth-order valence-corrected chi connectivity index (χ4v) is 2.51. The van der Waals surface area contributed by atoms with Gasteiger partial charge >= 0.3 is 0 Å². The molecule has 0 fully saturated rings. The Morgan fingerprint density at radius 1 is 1.56 bits per heavy atom. The molecule has 0 aliphatic carbocycles. The monoisotopic (exact) mass is 272 g/mol. The molecule has 0 aliphatic rings. The molecule has 2 unspecified atom stereocenters. The highest BCUT2D eigenvalue weighted by molar-refractivity contribution is 8.00. The maximum absolute atomic E-state index is 10.9. The minimum absolute atomic E-state index is 0.0190. The second-order valence-corrected chi connectivity index (χ2v) is 4.96. The van der Waals surface area contributed by atoms with Gasteiger partial charge in [-0.15, -0.1) is 11.8 Å². The first-order valence-corrected chi connectivity index (χ1v) is 6.23. The van der Waals surface area contributed by atoms with Crippen molar-refractivity contribution in [2.45, 2.75) is 16.2 Å². The van der Waals surface area contributed by atoms with Crippen LogP contribution in [0, 0.1) is 10.1 Å². The molecule has 0 radical (unpaired) electrons. The van der Waals surface area contributed by atoms with Crippen molar-refractivity contribution in [2.24, 2.45) is 5.73 Å². The van der Waals surface area contributed by atoms with Crippen LogP contribution in [0.2, 0.25) is 0 Å². The molecule has 1 aromatic carbocycles. The lowest BCUT2D eigenvalue weighted by Crippen LogP contribution is -2.38. The third kappa shape index (κ3) is 3.95. The van der Waals surface area contributed by atoms with E-state index in [1.165, 1.54) is 24.9 Å². The molecule has 0 saturated heterocycles. The highest BCUT2D eigenvalue weighted by atomic mass is 32.2. The van der Waals surface area contributed by atoms with E-state index in [4.69, 9.17) is 10.5 Å². The summed E-state index contributed by atoms with van der Waals surface area (Å²) in [5.74, 6) is 0. The van der Waals surface area contributed by atoms with Gasteiger partial charge < -0.3 is 15.6 Å². The normalized spacial score (nSPS) is 14.2. The number of aliphatic hydroxyl groups excluding tert-OH is 1. The Kier molecular flexibility index (Phi) is 6.06. The van der Waals surface area contributed by atoms with Crippen LogP contribution in [0.4, 0.5) is 5.69 Å². The van der Waals surface area contributed by atoms with Gasteiger partial charge in [0.25, 0.3) is 5.69 Å². The molecule has 0 amide bonds. The predicted octanol–water partition coefficient (Wildman–Crippen LogP) is 1.02. The summed E-state index contributed by atoms with van der Waals surface area (Å²) in [6, 6.07) is 6.00. The second-order valence-electron chi connectivity index (χ2n) is 3.68. The minimum atomic E-state index is -0.446. The van der Waals surface area contributed by atoms with Crippen molar-refractivity contribution in [3.8, 4) is 0 Å². The summed E-state index contributed by atoms with van der Waals surface area (Å²) < 4.78 is 4.92. The molecule has 0 aliphatic heterocycles. The molecule has 0 heterocycles. The Balaban J connectivity index is 2.84. The Morgan fingerprint density at radius 3 is 2.78 bits per heavy atom. The van der Waals surface area contributed by atoms with E-state index in [1.54, 1.807) is 18.2 Å². The van der Waals surface area contributed by atoms with E-state index >= 15 is 0 Å². The third-order valence-electron chi connectivity index (χ3n) is 2.36. The standard InChI is InChI=1S/C11H16N2O4S/c1-17-7-8(12)11(6-14)18-10-5-3-2-4-9(10)13(15)16/h2-5,8,11,14H,6-7,12H2,1H3. The predicted molar refractivity (Wildman–Crippen MR) is 69.7 cm³/mol. The zero-order valence-corrected chi connectivity index (χ0v) is 10.8. The molecule has 0 bridgehead atoms. The number of methoxy groups -OCH3 is 1. The average Bonchev–Trinajstić information content (AvgIpc) is 2.36. The summed E-state index contributed by atoms with van der Waals surface area (Å²) in [4.78, 5) is 10.9. The fourth-order valence-electron chi connectivity index (χ4n) is 1.43. The summed E-state index contributed by atoms with van der Waals surface area (Å²) in [7, 11) is 1.52. The van der Waals surface area contributed by atoms with E-state index in [9.17, 15) is 15.2 Å². The molecule has 2 atom stereocenters. The molecule has 0 aromatic heterocycles. The summed E-state index contributed by atoms with van der Waals surface area (Å²) in [5, 5.41) is 19.8. The molecular weight excluding hydrogens is 256 g/mol. The van der Waals surface area contributed by atoms with Crippen molar-refractivity contribution in [3.63, 3.8) is 0 Å². The average molecular weight is 272 g/mol. The number of nitro benzene ring substituents is 1. The van der Waals surface area contributed by atoms with Crippen LogP contribution in [-0.4, -0.2) is 41.6 Å². The van der Waals surface area contributed by atoms with Gasteiger partial charge in [-0.05, 0) is 6.07 Å². The molecule has 18 heavy (non-hydrogen) atoms. The van der Waals surface area contributed by atoms with Gasteiger partial charge in [0.15, 0.2) is 0 Å². The number of ether oxygens (including phenoxy) is 1. The van der Waals surface area contributed by atoms with Gasteiger partial charge in [0.1, 0.15) is 0 Å². The Hall–Kier alpha value is -1.15. The molecule has 1 aromatic rings. The van der Waals surface area contributed by atoms with E-state index in [-0.39, 0.29) is 23.6 Å². The molecule has 0 spiro atoms. The molecule has 7 heteroatoms. The summed E-state index contributed by atoms with van der Waals surface area (Å²) in [6.07, 6.45) is 0. The van der Waals surface area contributed by atoms with Gasteiger partial charge in [-0.2, -0.15) is 0 Å². The topological polar surface area (TPSA) is 98.6 Å². The van der Waals surface area contributed by atoms with E-state index < -0.39 is 4.92 Å². The van der Waals surface area contributed by atoms with Gasteiger partial charge in [0.05, 0.1) is 28.3 Å². The maximum atomic E-state index is 10.9. The minimum Gasteiger partial charge on any atom is -0.395 e. The smallest absolute Gasteiger partial charge is 0.282 e. The largest absolute Gasteiger partial charge is 0.395 e. The highest BCUT2D eigenvalue weighted by Gasteiger charge is 2.22. The van der Waals surface area contributed by atoms with Crippen LogP contribution < -0.4 is 5.73 Å². The number of para-hydroxylation sites is 1. The fraction of sp³-hybridized carbons (Fsp3) is 0.455. The summed E-state index contributed by atoms with van der Waals surface area (Å²) in [6.45, 7) is 0.125. The zero-order chi connectivity index (χ0) is 13.5. The second kappa shape index (κ2) is 7.32. The van der Waals surface area contributed by atoms with Gasteiger partial charge in [-0.1, -0.05) is 12.1 Å². The molecule has 100 valence electrons. The number of rotatable bonds is 7. The van der Waals surface area contributed by atoms with Gasteiger partial charge in [0.2, 0.25) is 0 Å². The highest BCUT2D eigenvalue weighted by Crippen LogP contribution is 2.32. The van der Waals surface area contributed by atoms with Crippen molar-refractivity contribution in [3.05, 3.63) is 34.4 Å². The molecule has 6 nitrogen and oxygen atoms in total. The van der Waals surface area contributed by atoms with Crippen LogP contribution in [0.3, 0.4) is 0 Å². The van der Waals surface area contributed by atoms with Gasteiger partial charge in [-0.25, -0.2) is 0 Å². The van der Waals surface area contributed by atoms with E-state index in [2.05, 4.69) is 0 Å². The number of benzene rings is 1. The maximum Gasteiger partial charge on any atom is 0.282 e. The molecule has 3 N–H and O–H groups in total. The number of aliphatic hydroxyl groups is 1. The van der Waals surface area contributed by atoms with Crippen molar-refractivity contribution in [1.82, 2.24) is 0 Å². The first kappa shape index (κ1) is 14.9. The van der Waals surface area contributed by atoms with Crippen LogP contribution in [-0.2, 0) is 4.74 Å². The van der Waals surface area contributed by atoms with E-state index in [0.29, 0.717) is 11.5 Å². The number of nitro groups is 1. The number of nitrogens with two attached hydrogens (primary N) is 1. The van der Waals surface area contributed by atoms with Crippen LogP contribution in [0.1, 0.15) is 0 Å². The zero-order valence-electron chi connectivity index (χ0n) is 9.98. The Bertz CT molecular complexity index is 402. The van der Waals surface area contributed by atoms with Gasteiger partial charge in [0, 0.05) is 19.2 Å². The lowest BCUT2D eigenvalue weighted by molar-refractivity contribution is -0.387. The molecule has 0 saturated carbocycles. The van der Waals surface area contributed by atoms with Crippen LogP contribution in [0.15, 0.2) is 29.2 Å². The lowest BCUT2D eigenvalue weighted by atomic mass is 10.2. The van der Waals surface area contributed by atoms with E-state index in [1.807, 2.05) is 0 Å². The van der Waals surface area contributed by atoms with Crippen molar-refractivity contribution in [2.75, 3.05) is 20.3 Å². The Morgan fingerprint density at radius 2 is 2.22 bits per heavy atom. The van der Waals surface area contributed by atoms with E-state index in [0.717, 1.165) is 0 Å². The Labute approximate surface area is 109 Å². The SMILES string of the molecule is COCC(N)C(CO)Sc1ccccc1[N+](=O)[O-]. The number of hydrogen-bond acceptors (Lipinski definition) is 6. The third-order valence-corrected chi connectivity index (χ3v) is 3.76. The summed E-state index contributed by atoms with van der Waals surface area (Å²) in [5.41, 5.74) is 5.86.